The van der Waals surface area contributed by atoms with Crippen molar-refractivity contribution in [2.75, 3.05) is 20.4 Å². The van der Waals surface area contributed by atoms with E-state index in [9.17, 15) is 19.2 Å². The second kappa shape index (κ2) is 8.88. The molecule has 0 radical (unpaired) electrons. The summed E-state index contributed by atoms with van der Waals surface area (Å²) in [5, 5.41) is 2.48. The van der Waals surface area contributed by atoms with Crippen LogP contribution in [0.15, 0.2) is 21.9 Å². The summed E-state index contributed by atoms with van der Waals surface area (Å²) in [6, 6.07) is 0.177. The monoisotopic (exact) mass is 402 g/mol. The second-order valence-corrected chi connectivity index (χ2v) is 8.05. The number of ether oxygens (including phenoxy) is 2. The topological polar surface area (TPSA) is 129 Å². The number of methoxy groups -OCH3 is 1. The van der Waals surface area contributed by atoms with Gasteiger partial charge in [0.2, 0.25) is 0 Å². The fraction of sp³-hybridized carbons (Fsp3) is 0.625. The summed E-state index contributed by atoms with van der Waals surface area (Å²) in [6.07, 6.45) is -2.63. The van der Waals surface area contributed by atoms with Crippen molar-refractivity contribution in [2.45, 2.75) is 44.4 Å². The van der Waals surface area contributed by atoms with Gasteiger partial charge < -0.3 is 19.3 Å². The highest BCUT2D eigenvalue weighted by molar-refractivity contribution is 7.50. The zero-order valence-corrected chi connectivity index (χ0v) is 16.4. The van der Waals surface area contributed by atoms with Crippen molar-refractivity contribution in [2.24, 2.45) is 0 Å². The number of aromatic nitrogens is 2. The fourth-order valence-corrected chi connectivity index (χ4v) is 3.38. The maximum absolute atomic E-state index is 12.7. The van der Waals surface area contributed by atoms with Gasteiger partial charge in [-0.1, -0.05) is 0 Å². The number of nitrogens with zero attached hydrogens (tertiary/aromatic N) is 1. The third-order valence-electron chi connectivity index (χ3n) is 3.98. The first-order chi connectivity index (χ1) is 13.2. The number of rotatable bonds is 7. The van der Waals surface area contributed by atoms with E-state index < -0.39 is 55.9 Å². The van der Waals surface area contributed by atoms with Crippen LogP contribution in [0.1, 0.15) is 21.4 Å². The molecule has 27 heavy (non-hydrogen) atoms. The zero-order valence-electron chi connectivity index (χ0n) is 16.5. The van der Waals surface area contributed by atoms with Crippen LogP contribution in [0.3, 0.4) is 0 Å². The van der Waals surface area contributed by atoms with Crippen molar-refractivity contribution in [1.82, 2.24) is 14.9 Å². The van der Waals surface area contributed by atoms with Gasteiger partial charge in [0, 0.05) is 28.9 Å². The molecular weight excluding hydrogens is 377 g/mol. The number of carbonyl (C=O) groups excluding carboxylic acids is 2. The summed E-state index contributed by atoms with van der Waals surface area (Å²) < 4.78 is 25.6. The third-order valence-corrected chi connectivity index (χ3v) is 4.65. The minimum Gasteiger partial charge on any atom is -0.374 e. The van der Waals surface area contributed by atoms with Crippen molar-refractivity contribution in [3.8, 4) is 0 Å². The molecule has 1 aliphatic heterocycles. The van der Waals surface area contributed by atoms with Crippen LogP contribution in [0.4, 0.5) is 0 Å². The van der Waals surface area contributed by atoms with Gasteiger partial charge >= 0.3 is 5.69 Å². The Morgan fingerprint density at radius 3 is 2.63 bits per heavy atom. The van der Waals surface area contributed by atoms with Crippen molar-refractivity contribution < 1.29 is 25.0 Å². The van der Waals surface area contributed by atoms with E-state index in [1.54, 1.807) is 0 Å². The number of aromatic amines is 1. The molecule has 1 fully saturated rings. The van der Waals surface area contributed by atoms with Gasteiger partial charge in [0.05, 0.1) is 6.04 Å². The van der Waals surface area contributed by atoms with Crippen molar-refractivity contribution >= 4 is 19.8 Å². The van der Waals surface area contributed by atoms with E-state index in [1.165, 1.54) is 20.2 Å². The minimum atomic E-state index is -1.17. The first-order valence-electron chi connectivity index (χ1n) is 8.84. The van der Waals surface area contributed by atoms with Crippen LogP contribution in [0.5, 0.6) is 0 Å². The predicted octanol–water partition coefficient (Wildman–Crippen LogP) is -0.416. The van der Waals surface area contributed by atoms with Gasteiger partial charge in [-0.25, -0.2) is 4.79 Å². The van der Waals surface area contributed by atoms with E-state index in [0.717, 1.165) is 10.6 Å². The standard InChI is InChI=1S/C16H24N3O7P/c1-8(9(2)20)17-14(22)12-11(26-27(4)5)13(24-3)15(25-12)19-7-6-10(21)18-16(19)23/h6-8,11-13,15H,1-5H3,(H,17,22)(H,18,21,23)/t8-,11?,12+,13+,15-/m1/s1/i1D. The largest absolute Gasteiger partial charge is 0.374 e. The molecule has 1 amide bonds. The highest BCUT2D eigenvalue weighted by atomic mass is 31.1. The van der Waals surface area contributed by atoms with E-state index in [-0.39, 0.29) is 12.7 Å². The lowest BCUT2D eigenvalue weighted by molar-refractivity contribution is -0.139. The number of hydrogen-bond acceptors (Lipinski definition) is 7. The summed E-state index contributed by atoms with van der Waals surface area (Å²) in [6.45, 7) is 4.63. The molecule has 0 saturated carbocycles. The Kier molecular flexibility index (Phi) is 6.54. The summed E-state index contributed by atoms with van der Waals surface area (Å²) in [4.78, 5) is 49.9. The summed E-state index contributed by atoms with van der Waals surface area (Å²) >= 11 is 0. The molecule has 1 saturated heterocycles. The van der Waals surface area contributed by atoms with Gasteiger partial charge in [-0.05, 0) is 27.2 Å². The highest BCUT2D eigenvalue weighted by Crippen LogP contribution is 2.39. The quantitative estimate of drug-likeness (QED) is 0.593. The van der Waals surface area contributed by atoms with E-state index >= 15 is 0 Å². The smallest absolute Gasteiger partial charge is 0.330 e. The summed E-state index contributed by atoms with van der Waals surface area (Å²) in [7, 11) is 0.471. The summed E-state index contributed by atoms with van der Waals surface area (Å²) in [5.41, 5.74) is -1.29. The first-order valence-corrected chi connectivity index (χ1v) is 10.3. The van der Waals surface area contributed by atoms with Crippen LogP contribution < -0.4 is 16.6 Å². The van der Waals surface area contributed by atoms with Crippen LogP contribution in [0, 0.1) is 0 Å². The molecule has 1 aromatic heterocycles. The van der Waals surface area contributed by atoms with E-state index in [1.807, 2.05) is 13.3 Å². The fourth-order valence-electron chi connectivity index (χ4n) is 2.67. The molecule has 0 aliphatic carbocycles. The number of H-pyrrole nitrogens is 1. The number of ketones is 1. The first kappa shape index (κ1) is 19.9. The number of amides is 1. The lowest BCUT2D eigenvalue weighted by Crippen LogP contribution is -2.48. The lowest BCUT2D eigenvalue weighted by atomic mass is 10.1. The minimum absolute atomic E-state index is 0.315. The molecule has 11 heteroatoms. The van der Waals surface area contributed by atoms with Crippen LogP contribution in [-0.4, -0.2) is 66.0 Å². The molecule has 150 valence electrons. The van der Waals surface area contributed by atoms with E-state index in [4.69, 9.17) is 15.4 Å². The van der Waals surface area contributed by atoms with Crippen LogP contribution in [0.2, 0.25) is 0 Å². The van der Waals surface area contributed by atoms with Crippen LogP contribution in [0.25, 0.3) is 0 Å². The molecule has 0 spiro atoms. The molecule has 1 unspecified atom stereocenters. The van der Waals surface area contributed by atoms with Gasteiger partial charge in [0.15, 0.2) is 18.1 Å². The molecule has 2 N–H and O–H groups in total. The number of nitrogens with one attached hydrogen (secondary N) is 2. The molecule has 2 heterocycles. The molecule has 0 aromatic carbocycles. The summed E-state index contributed by atoms with van der Waals surface area (Å²) in [5.74, 6) is -1.000. The molecule has 0 bridgehead atoms. The predicted molar refractivity (Wildman–Crippen MR) is 98.0 cm³/mol. The maximum Gasteiger partial charge on any atom is 0.330 e. The van der Waals surface area contributed by atoms with Gasteiger partial charge in [0.1, 0.15) is 12.2 Å². The molecular formula is C16H24N3O7P. The SMILES string of the molecule is [2H]C[C@@H](NC(=O)[C@H]1O[C@@H](n2ccc(=O)[nH]c2=O)[C@@H](OC)C1OP(C)C)C(C)=O. The van der Waals surface area contributed by atoms with Gasteiger partial charge in [-0.15, -0.1) is 0 Å². The van der Waals surface area contributed by atoms with Crippen molar-refractivity contribution in [3.05, 3.63) is 33.1 Å². The Labute approximate surface area is 158 Å². The van der Waals surface area contributed by atoms with Crippen molar-refractivity contribution in [3.63, 3.8) is 0 Å². The van der Waals surface area contributed by atoms with Gasteiger partial charge in [0.25, 0.3) is 11.5 Å². The maximum atomic E-state index is 12.7. The molecule has 2 rings (SSSR count). The zero-order chi connectivity index (χ0) is 21.0. The third kappa shape index (κ3) is 4.90. The van der Waals surface area contributed by atoms with Crippen LogP contribution >= 0.6 is 8.15 Å². The lowest BCUT2D eigenvalue weighted by Gasteiger charge is -2.25. The van der Waals surface area contributed by atoms with Crippen LogP contribution in [-0.2, 0) is 23.6 Å². The average Bonchev–Trinajstić information content (AvgIpc) is 2.96. The average molecular weight is 402 g/mol. The van der Waals surface area contributed by atoms with E-state index in [2.05, 4.69) is 10.3 Å². The number of hydrogen-bond donors (Lipinski definition) is 2. The molecule has 10 nitrogen and oxygen atoms in total. The van der Waals surface area contributed by atoms with Crippen molar-refractivity contribution in [1.29, 1.82) is 0 Å². The Morgan fingerprint density at radius 1 is 1.41 bits per heavy atom. The Morgan fingerprint density at radius 2 is 2.11 bits per heavy atom. The molecule has 5 atom stereocenters. The number of Topliss-reactive ketones (excluding diaryl/α,β-unsaturated/α-hetero) is 1. The highest BCUT2D eigenvalue weighted by Gasteiger charge is 2.51. The van der Waals surface area contributed by atoms with E-state index in [0.29, 0.717) is 0 Å². The Hall–Kier alpha value is -1.87. The molecule has 1 aromatic rings. The Bertz CT molecular complexity index is 827. The Balaban J connectivity index is 2.37. The van der Waals surface area contributed by atoms with Gasteiger partial charge in [-0.2, -0.15) is 0 Å². The normalized spacial score (nSPS) is 26.6. The van der Waals surface area contributed by atoms with Gasteiger partial charge in [-0.3, -0.25) is 23.9 Å². The number of carbonyl (C=O) groups is 2. The second-order valence-electron chi connectivity index (χ2n) is 6.22. The molecule has 1 aliphatic rings.